The minimum atomic E-state index is -0.433. The number of rotatable bonds is 5. The molecule has 1 aromatic carbocycles. The number of fused-ring (bicyclic) bond motifs is 1. The molecule has 6 nitrogen and oxygen atoms in total. The fraction of sp³-hybridized carbons (Fsp3) is 0.238. The average Bonchev–Trinajstić information content (AvgIpc) is 3.27. The molecule has 4 aromatic rings. The van der Waals surface area contributed by atoms with Gasteiger partial charge in [-0.2, -0.15) is 5.10 Å². The summed E-state index contributed by atoms with van der Waals surface area (Å²) in [6, 6.07) is 10.2. The van der Waals surface area contributed by atoms with Gasteiger partial charge < -0.3 is 9.78 Å². The van der Waals surface area contributed by atoms with Gasteiger partial charge in [-0.25, -0.2) is 9.97 Å². The highest BCUT2D eigenvalue weighted by molar-refractivity contribution is 5.79. The number of nitrogens with zero attached hydrogens (tertiary/aromatic N) is 4. The first-order valence-electron chi connectivity index (χ1n) is 8.85. The SMILES string of the molecule is Cn1nccc1-c1ccc(-c2cnc3[nH]cc(CC(C)(C)C=O)c3n2)cc1. The van der Waals surface area contributed by atoms with E-state index < -0.39 is 5.41 Å². The smallest absolute Gasteiger partial charge is 0.156 e. The number of benzene rings is 1. The predicted octanol–water partition coefficient (Wildman–Crippen LogP) is 3.79. The number of carbonyl (C=O) groups excluding carboxylic acids is 1. The van der Waals surface area contributed by atoms with Crippen molar-refractivity contribution in [2.24, 2.45) is 12.5 Å². The van der Waals surface area contributed by atoms with Gasteiger partial charge in [0, 0.05) is 30.4 Å². The summed E-state index contributed by atoms with van der Waals surface area (Å²) < 4.78 is 1.85. The standard InChI is InChI=1S/C21H21N5O/c1-21(2,13-27)10-16-11-22-20-19(16)25-17(12-23-20)14-4-6-15(7-5-14)18-8-9-24-26(18)3/h4-9,11-13H,10H2,1-3H3,(H,22,23). The van der Waals surface area contributed by atoms with Crippen molar-refractivity contribution >= 4 is 17.5 Å². The lowest BCUT2D eigenvalue weighted by Gasteiger charge is -2.15. The summed E-state index contributed by atoms with van der Waals surface area (Å²) in [7, 11) is 1.93. The van der Waals surface area contributed by atoms with Crippen molar-refractivity contribution in [3.05, 3.63) is 54.5 Å². The molecule has 0 spiro atoms. The second kappa shape index (κ2) is 6.46. The van der Waals surface area contributed by atoms with E-state index in [1.807, 2.05) is 50.0 Å². The second-order valence-corrected chi connectivity index (χ2v) is 7.47. The van der Waals surface area contributed by atoms with Crippen LogP contribution in [0.2, 0.25) is 0 Å². The van der Waals surface area contributed by atoms with Crippen LogP contribution in [0.4, 0.5) is 0 Å². The summed E-state index contributed by atoms with van der Waals surface area (Å²) >= 11 is 0. The molecule has 0 amide bonds. The summed E-state index contributed by atoms with van der Waals surface area (Å²) in [5.41, 5.74) is 6.09. The number of aromatic nitrogens is 5. The highest BCUT2D eigenvalue weighted by Gasteiger charge is 2.20. The van der Waals surface area contributed by atoms with Crippen LogP contribution in [0.5, 0.6) is 0 Å². The molecular weight excluding hydrogens is 338 g/mol. The maximum absolute atomic E-state index is 11.3. The number of aromatic amines is 1. The molecule has 4 rings (SSSR count). The number of aryl methyl sites for hydroxylation is 1. The number of hydrogen-bond acceptors (Lipinski definition) is 4. The zero-order chi connectivity index (χ0) is 19.0. The number of aldehydes is 1. The zero-order valence-electron chi connectivity index (χ0n) is 15.6. The van der Waals surface area contributed by atoms with E-state index >= 15 is 0 Å². The molecule has 0 saturated carbocycles. The number of nitrogens with one attached hydrogen (secondary N) is 1. The third kappa shape index (κ3) is 3.26. The Morgan fingerprint density at radius 1 is 1.15 bits per heavy atom. The van der Waals surface area contributed by atoms with E-state index in [9.17, 15) is 4.79 Å². The van der Waals surface area contributed by atoms with Crippen LogP contribution in [-0.4, -0.2) is 31.0 Å². The van der Waals surface area contributed by atoms with E-state index in [0.717, 1.165) is 45.5 Å². The summed E-state index contributed by atoms with van der Waals surface area (Å²) in [6.07, 6.45) is 7.06. The minimum Gasteiger partial charge on any atom is -0.345 e. The van der Waals surface area contributed by atoms with Gasteiger partial charge in [-0.1, -0.05) is 38.1 Å². The molecule has 136 valence electrons. The Bertz CT molecular complexity index is 1110. The maximum atomic E-state index is 11.3. The lowest BCUT2D eigenvalue weighted by Crippen LogP contribution is -2.16. The Hall–Kier alpha value is -3.28. The summed E-state index contributed by atoms with van der Waals surface area (Å²) in [4.78, 5) is 23.7. The summed E-state index contributed by atoms with van der Waals surface area (Å²) in [6.45, 7) is 3.85. The van der Waals surface area contributed by atoms with Crippen LogP contribution in [0.1, 0.15) is 19.4 Å². The van der Waals surface area contributed by atoms with Crippen LogP contribution < -0.4 is 0 Å². The molecule has 0 radical (unpaired) electrons. The molecule has 0 fully saturated rings. The van der Waals surface area contributed by atoms with Gasteiger partial charge in [-0.3, -0.25) is 4.68 Å². The van der Waals surface area contributed by atoms with Crippen LogP contribution >= 0.6 is 0 Å². The number of hydrogen-bond donors (Lipinski definition) is 1. The highest BCUT2D eigenvalue weighted by Crippen LogP contribution is 2.27. The Morgan fingerprint density at radius 3 is 2.56 bits per heavy atom. The van der Waals surface area contributed by atoms with E-state index in [-0.39, 0.29) is 0 Å². The lowest BCUT2D eigenvalue weighted by molar-refractivity contribution is -0.114. The Morgan fingerprint density at radius 2 is 1.89 bits per heavy atom. The van der Waals surface area contributed by atoms with E-state index in [2.05, 4.69) is 27.2 Å². The molecule has 6 heteroatoms. The average molecular weight is 359 g/mol. The highest BCUT2D eigenvalue weighted by atomic mass is 16.1. The van der Waals surface area contributed by atoms with Gasteiger partial charge in [0.25, 0.3) is 0 Å². The van der Waals surface area contributed by atoms with Gasteiger partial charge in [-0.15, -0.1) is 0 Å². The van der Waals surface area contributed by atoms with Gasteiger partial charge in [0.2, 0.25) is 0 Å². The molecule has 0 atom stereocenters. The van der Waals surface area contributed by atoms with Gasteiger partial charge >= 0.3 is 0 Å². The molecule has 1 N–H and O–H groups in total. The zero-order valence-corrected chi connectivity index (χ0v) is 15.6. The van der Waals surface area contributed by atoms with Crippen molar-refractivity contribution in [3.63, 3.8) is 0 Å². The summed E-state index contributed by atoms with van der Waals surface area (Å²) in [5.74, 6) is 0. The van der Waals surface area contributed by atoms with E-state index in [1.165, 1.54) is 0 Å². The van der Waals surface area contributed by atoms with Crippen molar-refractivity contribution in [1.29, 1.82) is 0 Å². The Balaban J connectivity index is 1.69. The van der Waals surface area contributed by atoms with Gasteiger partial charge in [0.05, 0.1) is 17.6 Å². The van der Waals surface area contributed by atoms with Crippen molar-refractivity contribution in [2.45, 2.75) is 20.3 Å². The molecule has 0 aliphatic heterocycles. The van der Waals surface area contributed by atoms with Gasteiger partial charge in [-0.05, 0) is 23.6 Å². The third-order valence-corrected chi connectivity index (χ3v) is 4.72. The number of carbonyl (C=O) groups is 1. The van der Waals surface area contributed by atoms with Crippen LogP contribution in [-0.2, 0) is 18.3 Å². The van der Waals surface area contributed by atoms with Crippen LogP contribution in [0.3, 0.4) is 0 Å². The molecule has 0 aliphatic rings. The molecule has 0 saturated heterocycles. The Kier molecular flexibility index (Phi) is 4.11. The van der Waals surface area contributed by atoms with Crippen LogP contribution in [0.25, 0.3) is 33.7 Å². The van der Waals surface area contributed by atoms with Crippen molar-refractivity contribution in [1.82, 2.24) is 24.7 Å². The van der Waals surface area contributed by atoms with E-state index in [4.69, 9.17) is 4.98 Å². The van der Waals surface area contributed by atoms with Crippen LogP contribution in [0.15, 0.2) is 48.9 Å². The first kappa shape index (κ1) is 17.1. The molecule has 0 aliphatic carbocycles. The molecule has 3 heterocycles. The fourth-order valence-electron chi connectivity index (χ4n) is 3.22. The molecule has 27 heavy (non-hydrogen) atoms. The topological polar surface area (TPSA) is 76.5 Å². The van der Waals surface area contributed by atoms with Gasteiger partial charge in [0.15, 0.2) is 5.65 Å². The minimum absolute atomic E-state index is 0.433. The maximum Gasteiger partial charge on any atom is 0.156 e. The molecule has 0 bridgehead atoms. The van der Waals surface area contributed by atoms with Gasteiger partial charge in [0.1, 0.15) is 11.8 Å². The lowest BCUT2D eigenvalue weighted by atomic mass is 9.88. The largest absolute Gasteiger partial charge is 0.345 e. The quantitative estimate of drug-likeness (QED) is 0.550. The van der Waals surface area contributed by atoms with Crippen molar-refractivity contribution in [2.75, 3.05) is 0 Å². The molecule has 0 unspecified atom stereocenters. The second-order valence-electron chi connectivity index (χ2n) is 7.47. The van der Waals surface area contributed by atoms with Crippen molar-refractivity contribution in [3.8, 4) is 22.5 Å². The summed E-state index contributed by atoms with van der Waals surface area (Å²) in [5, 5.41) is 4.21. The monoisotopic (exact) mass is 359 g/mol. The third-order valence-electron chi connectivity index (χ3n) is 4.72. The number of H-pyrrole nitrogens is 1. The molecular formula is C21H21N5O. The first-order valence-corrected chi connectivity index (χ1v) is 8.85. The molecule has 3 aromatic heterocycles. The first-order chi connectivity index (χ1) is 13.0. The fourth-order valence-corrected chi connectivity index (χ4v) is 3.22. The van der Waals surface area contributed by atoms with Crippen LogP contribution in [0, 0.1) is 5.41 Å². The normalized spacial score (nSPS) is 11.8. The predicted molar refractivity (Wildman–Crippen MR) is 105 cm³/mol. The Labute approximate surface area is 157 Å². The van der Waals surface area contributed by atoms with Crippen molar-refractivity contribution < 1.29 is 4.79 Å². The van der Waals surface area contributed by atoms with E-state index in [1.54, 1.807) is 12.4 Å². The van der Waals surface area contributed by atoms with E-state index in [0.29, 0.717) is 6.42 Å².